The van der Waals surface area contributed by atoms with Crippen LogP contribution in [-0.4, -0.2) is 25.0 Å². The first kappa shape index (κ1) is 14.6. The van der Waals surface area contributed by atoms with Crippen LogP contribution in [0.1, 0.15) is 26.2 Å². The molecule has 1 atom stereocenters. The standard InChI is InChI=1S/C14H18Cl2N2O/c1-10(18-8-3-2-4-9-18)14(19)17-13-11(15)6-5-7-12(13)16/h5-7,10H,2-4,8-9H2,1H3,(H,17,19)/p+1/t10-/m1/s1. The summed E-state index contributed by atoms with van der Waals surface area (Å²) in [6.07, 6.45) is 3.66. The Bertz CT molecular complexity index is 439. The average molecular weight is 302 g/mol. The van der Waals surface area contributed by atoms with Gasteiger partial charge in [0.05, 0.1) is 28.8 Å². The molecular formula is C14H19Cl2N2O+. The summed E-state index contributed by atoms with van der Waals surface area (Å²) in [6.45, 7) is 4.08. The van der Waals surface area contributed by atoms with E-state index in [-0.39, 0.29) is 11.9 Å². The van der Waals surface area contributed by atoms with Crippen molar-refractivity contribution in [3.63, 3.8) is 0 Å². The van der Waals surface area contributed by atoms with Gasteiger partial charge in [0, 0.05) is 0 Å². The normalized spacial score (nSPS) is 18.1. The molecule has 1 heterocycles. The summed E-state index contributed by atoms with van der Waals surface area (Å²) < 4.78 is 0. The number of amides is 1. The average Bonchev–Trinajstić information content (AvgIpc) is 2.43. The van der Waals surface area contributed by atoms with Crippen molar-refractivity contribution in [1.82, 2.24) is 0 Å². The van der Waals surface area contributed by atoms with E-state index in [1.807, 2.05) is 6.92 Å². The Hall–Kier alpha value is -0.770. The number of hydrogen-bond acceptors (Lipinski definition) is 1. The van der Waals surface area contributed by atoms with Gasteiger partial charge in [0.2, 0.25) is 0 Å². The van der Waals surface area contributed by atoms with Crippen molar-refractivity contribution in [2.45, 2.75) is 32.2 Å². The third-order valence-electron chi connectivity index (χ3n) is 3.71. The van der Waals surface area contributed by atoms with Crippen LogP contribution >= 0.6 is 23.2 Å². The van der Waals surface area contributed by atoms with E-state index in [0.29, 0.717) is 15.7 Å². The van der Waals surface area contributed by atoms with E-state index in [2.05, 4.69) is 5.32 Å². The lowest BCUT2D eigenvalue weighted by atomic mass is 10.1. The lowest BCUT2D eigenvalue weighted by Gasteiger charge is -2.28. The van der Waals surface area contributed by atoms with Gasteiger partial charge in [-0.15, -0.1) is 0 Å². The summed E-state index contributed by atoms with van der Waals surface area (Å²) in [4.78, 5) is 13.6. The minimum Gasteiger partial charge on any atom is -0.325 e. The van der Waals surface area contributed by atoms with Crippen LogP contribution < -0.4 is 10.2 Å². The van der Waals surface area contributed by atoms with Gasteiger partial charge in [0.15, 0.2) is 6.04 Å². The van der Waals surface area contributed by atoms with E-state index >= 15 is 0 Å². The summed E-state index contributed by atoms with van der Waals surface area (Å²) in [5, 5.41) is 3.80. The fraction of sp³-hybridized carbons (Fsp3) is 0.500. The number of hydrogen-bond donors (Lipinski definition) is 2. The number of carbonyl (C=O) groups excluding carboxylic acids is 1. The lowest BCUT2D eigenvalue weighted by molar-refractivity contribution is -0.918. The Morgan fingerprint density at radius 3 is 2.37 bits per heavy atom. The quantitative estimate of drug-likeness (QED) is 0.883. The topological polar surface area (TPSA) is 33.5 Å². The largest absolute Gasteiger partial charge is 0.325 e. The van der Waals surface area contributed by atoms with Crippen LogP contribution in [0.4, 0.5) is 5.69 Å². The van der Waals surface area contributed by atoms with Crippen LogP contribution in [0.3, 0.4) is 0 Å². The number of carbonyl (C=O) groups is 1. The second-order valence-corrected chi connectivity index (χ2v) is 5.84. The molecule has 2 N–H and O–H groups in total. The monoisotopic (exact) mass is 301 g/mol. The van der Waals surface area contributed by atoms with E-state index in [1.54, 1.807) is 18.2 Å². The molecule has 1 aliphatic heterocycles. The second-order valence-electron chi connectivity index (χ2n) is 5.03. The number of anilines is 1. The van der Waals surface area contributed by atoms with Crippen molar-refractivity contribution in [3.8, 4) is 0 Å². The first-order valence-corrected chi connectivity index (χ1v) is 7.44. The van der Waals surface area contributed by atoms with Gasteiger partial charge in [-0.3, -0.25) is 4.79 Å². The van der Waals surface area contributed by atoms with E-state index in [0.717, 1.165) is 13.1 Å². The van der Waals surface area contributed by atoms with Crippen molar-refractivity contribution >= 4 is 34.8 Å². The highest BCUT2D eigenvalue weighted by Gasteiger charge is 2.27. The van der Waals surface area contributed by atoms with Gasteiger partial charge in [0.1, 0.15) is 0 Å². The zero-order valence-electron chi connectivity index (χ0n) is 11.0. The van der Waals surface area contributed by atoms with Crippen molar-refractivity contribution in [2.24, 2.45) is 0 Å². The van der Waals surface area contributed by atoms with Crippen molar-refractivity contribution < 1.29 is 9.69 Å². The third-order valence-corrected chi connectivity index (χ3v) is 4.34. The van der Waals surface area contributed by atoms with Crippen LogP contribution in [0.25, 0.3) is 0 Å². The van der Waals surface area contributed by atoms with Gasteiger partial charge >= 0.3 is 0 Å². The highest BCUT2D eigenvalue weighted by Crippen LogP contribution is 2.29. The molecule has 0 bridgehead atoms. The molecule has 0 unspecified atom stereocenters. The van der Waals surface area contributed by atoms with Gasteiger partial charge in [0.25, 0.3) is 5.91 Å². The minimum absolute atomic E-state index is 0.0214. The molecule has 1 aromatic carbocycles. The smallest absolute Gasteiger partial charge is 0.282 e. The van der Waals surface area contributed by atoms with E-state index in [9.17, 15) is 4.79 Å². The molecule has 1 saturated heterocycles. The number of likely N-dealkylation sites (tertiary alicyclic amines) is 1. The van der Waals surface area contributed by atoms with Crippen LogP contribution in [0.5, 0.6) is 0 Å². The summed E-state index contributed by atoms with van der Waals surface area (Å²) >= 11 is 12.1. The molecule has 0 spiro atoms. The Morgan fingerprint density at radius 2 is 1.79 bits per heavy atom. The van der Waals surface area contributed by atoms with Crippen molar-refractivity contribution in [2.75, 3.05) is 18.4 Å². The zero-order chi connectivity index (χ0) is 13.8. The van der Waals surface area contributed by atoms with Gasteiger partial charge in [-0.2, -0.15) is 0 Å². The first-order valence-electron chi connectivity index (χ1n) is 6.69. The number of piperidine rings is 1. The highest BCUT2D eigenvalue weighted by atomic mass is 35.5. The van der Waals surface area contributed by atoms with Crippen LogP contribution in [-0.2, 0) is 4.79 Å². The van der Waals surface area contributed by atoms with Crippen LogP contribution in [0.15, 0.2) is 18.2 Å². The predicted molar refractivity (Wildman–Crippen MR) is 79.1 cm³/mol. The molecule has 3 nitrogen and oxygen atoms in total. The molecule has 1 amide bonds. The van der Waals surface area contributed by atoms with Gasteiger partial charge < -0.3 is 10.2 Å². The highest BCUT2D eigenvalue weighted by molar-refractivity contribution is 6.39. The number of quaternary nitrogens is 1. The Kier molecular flexibility index (Phi) is 5.08. The SMILES string of the molecule is C[C@H](C(=O)Nc1c(Cl)cccc1Cl)[NH+]1CCCCC1. The Morgan fingerprint density at radius 1 is 1.21 bits per heavy atom. The maximum absolute atomic E-state index is 12.3. The molecule has 0 saturated carbocycles. The molecule has 0 aliphatic carbocycles. The number of para-hydroxylation sites is 1. The molecule has 1 aliphatic rings. The van der Waals surface area contributed by atoms with E-state index in [1.165, 1.54) is 24.2 Å². The molecular weight excluding hydrogens is 283 g/mol. The van der Waals surface area contributed by atoms with Gasteiger partial charge in [-0.1, -0.05) is 29.3 Å². The number of rotatable bonds is 3. The van der Waals surface area contributed by atoms with Crippen molar-refractivity contribution in [3.05, 3.63) is 28.2 Å². The fourth-order valence-electron chi connectivity index (χ4n) is 2.47. The Labute approximate surface area is 123 Å². The zero-order valence-corrected chi connectivity index (χ0v) is 12.5. The summed E-state index contributed by atoms with van der Waals surface area (Å²) in [5.41, 5.74) is 0.513. The third kappa shape index (κ3) is 3.62. The molecule has 1 fully saturated rings. The fourth-order valence-corrected chi connectivity index (χ4v) is 2.96. The molecule has 0 radical (unpaired) electrons. The predicted octanol–water partition coefficient (Wildman–Crippen LogP) is 2.39. The molecule has 104 valence electrons. The number of halogens is 2. The first-order chi connectivity index (χ1) is 9.09. The van der Waals surface area contributed by atoms with Gasteiger partial charge in [-0.05, 0) is 38.3 Å². The number of nitrogens with one attached hydrogen (secondary N) is 2. The molecule has 5 heteroatoms. The maximum atomic E-state index is 12.3. The number of benzene rings is 1. The molecule has 0 aromatic heterocycles. The molecule has 2 rings (SSSR count). The molecule has 1 aromatic rings. The Balaban J connectivity index is 2.04. The minimum atomic E-state index is -0.0763. The summed E-state index contributed by atoms with van der Waals surface area (Å²) in [5.74, 6) is -0.0214. The second kappa shape index (κ2) is 6.60. The molecule has 19 heavy (non-hydrogen) atoms. The van der Waals surface area contributed by atoms with E-state index < -0.39 is 0 Å². The van der Waals surface area contributed by atoms with Crippen LogP contribution in [0.2, 0.25) is 10.0 Å². The van der Waals surface area contributed by atoms with Crippen molar-refractivity contribution in [1.29, 1.82) is 0 Å². The lowest BCUT2D eigenvalue weighted by Crippen LogP contribution is -3.17. The maximum Gasteiger partial charge on any atom is 0.282 e. The van der Waals surface area contributed by atoms with Gasteiger partial charge in [-0.25, -0.2) is 0 Å². The van der Waals surface area contributed by atoms with E-state index in [4.69, 9.17) is 23.2 Å². The summed E-state index contributed by atoms with van der Waals surface area (Å²) in [7, 11) is 0. The van der Waals surface area contributed by atoms with Crippen LogP contribution in [0, 0.1) is 0 Å². The summed E-state index contributed by atoms with van der Waals surface area (Å²) in [6, 6.07) is 5.13.